The number of carbonyl (C=O) groups excluding carboxylic acids is 1. The number of rotatable bonds is 7. The summed E-state index contributed by atoms with van der Waals surface area (Å²) >= 11 is 0. The van der Waals surface area contributed by atoms with Crippen molar-refractivity contribution < 1.29 is 22.7 Å². The van der Waals surface area contributed by atoms with Crippen LogP contribution in [0.5, 0.6) is 6.01 Å². The van der Waals surface area contributed by atoms with Gasteiger partial charge in [0.15, 0.2) is 11.6 Å². The van der Waals surface area contributed by atoms with Crippen molar-refractivity contribution in [1.29, 1.82) is 5.26 Å². The zero-order valence-corrected chi connectivity index (χ0v) is 24.3. The van der Waals surface area contributed by atoms with Crippen LogP contribution in [-0.4, -0.2) is 88.7 Å². The Morgan fingerprint density at radius 2 is 2.05 bits per heavy atom. The van der Waals surface area contributed by atoms with Crippen LogP contribution < -0.4 is 9.64 Å². The number of nitriles is 1. The molecule has 44 heavy (non-hydrogen) atoms. The van der Waals surface area contributed by atoms with Crippen molar-refractivity contribution in [2.24, 2.45) is 5.92 Å². The highest BCUT2D eigenvalue weighted by molar-refractivity contribution is 5.93. The molecule has 3 fully saturated rings. The summed E-state index contributed by atoms with van der Waals surface area (Å²) in [6, 6.07) is 7.10. The number of pyridine rings is 1. The zero-order valence-electron chi connectivity index (χ0n) is 24.3. The molecule has 1 saturated carbocycles. The Morgan fingerprint density at radius 3 is 2.80 bits per heavy atom. The number of likely N-dealkylation sites (tertiary alicyclic amines) is 1. The van der Waals surface area contributed by atoms with Crippen LogP contribution in [0.15, 0.2) is 36.8 Å². The van der Waals surface area contributed by atoms with Gasteiger partial charge in [-0.15, -0.1) is 0 Å². The van der Waals surface area contributed by atoms with Crippen LogP contribution in [0.3, 0.4) is 0 Å². The number of amides is 1. The van der Waals surface area contributed by atoms with E-state index < -0.39 is 29.8 Å². The normalized spacial score (nSPS) is 25.9. The van der Waals surface area contributed by atoms with Crippen LogP contribution in [-0.2, 0) is 11.2 Å². The van der Waals surface area contributed by atoms with Crippen molar-refractivity contribution >= 4 is 22.6 Å². The Balaban J connectivity index is 1.29. The lowest BCUT2D eigenvalue weighted by Gasteiger charge is -2.41. The third kappa shape index (κ3) is 4.93. The molecule has 0 spiro atoms. The first-order valence-electron chi connectivity index (χ1n) is 15.0. The Bertz CT molecular complexity index is 1710. The van der Waals surface area contributed by atoms with Crippen molar-refractivity contribution in [2.45, 2.75) is 49.9 Å². The van der Waals surface area contributed by atoms with Gasteiger partial charge < -0.3 is 14.5 Å². The second kappa shape index (κ2) is 11.0. The van der Waals surface area contributed by atoms with Crippen LogP contribution in [0.2, 0.25) is 0 Å². The number of carbonyl (C=O) groups is 1. The molecule has 0 bridgehead atoms. The van der Waals surface area contributed by atoms with Crippen LogP contribution in [0.25, 0.3) is 22.2 Å². The van der Waals surface area contributed by atoms with Gasteiger partial charge in [0, 0.05) is 44.0 Å². The van der Waals surface area contributed by atoms with E-state index in [0.29, 0.717) is 36.0 Å². The summed E-state index contributed by atoms with van der Waals surface area (Å²) in [6.07, 6.45) is 2.97. The molecular formula is C32H32F3N7O2. The molecule has 2 aliphatic carbocycles. The van der Waals surface area contributed by atoms with Crippen molar-refractivity contribution in [2.75, 3.05) is 44.7 Å². The summed E-state index contributed by atoms with van der Waals surface area (Å²) in [5, 5.41) is 9.80. The number of halogens is 3. The second-order valence-electron chi connectivity index (χ2n) is 12.3. The molecule has 2 unspecified atom stereocenters. The van der Waals surface area contributed by atoms with Gasteiger partial charge in [-0.1, -0.05) is 24.8 Å². The minimum absolute atomic E-state index is 0.0357. The smallest absolute Gasteiger partial charge is 0.319 e. The first-order valence-corrected chi connectivity index (χ1v) is 15.0. The molecule has 4 heterocycles. The highest BCUT2D eigenvalue weighted by Crippen LogP contribution is 2.58. The molecule has 1 aromatic carbocycles. The van der Waals surface area contributed by atoms with E-state index in [0.717, 1.165) is 24.0 Å². The predicted octanol–water partition coefficient (Wildman–Crippen LogP) is 4.33. The van der Waals surface area contributed by atoms with Crippen LogP contribution in [0.1, 0.15) is 36.3 Å². The van der Waals surface area contributed by atoms with E-state index in [1.54, 1.807) is 6.20 Å². The van der Waals surface area contributed by atoms with Gasteiger partial charge in [0.25, 0.3) is 5.91 Å². The van der Waals surface area contributed by atoms with E-state index in [-0.39, 0.29) is 55.9 Å². The molecule has 0 N–H and O–H groups in total. The van der Waals surface area contributed by atoms with Gasteiger partial charge in [0.05, 0.1) is 23.9 Å². The van der Waals surface area contributed by atoms with E-state index in [4.69, 9.17) is 4.74 Å². The summed E-state index contributed by atoms with van der Waals surface area (Å²) in [5.41, 5.74) is 3.41. The molecule has 1 amide bonds. The lowest BCUT2D eigenvalue weighted by molar-refractivity contribution is -0.131. The maximum atomic E-state index is 16.6. The number of fused-ring (bicyclic) bond motifs is 4. The molecule has 12 heteroatoms. The van der Waals surface area contributed by atoms with Gasteiger partial charge in [0.2, 0.25) is 0 Å². The first-order chi connectivity index (χ1) is 21.2. The van der Waals surface area contributed by atoms with Crippen molar-refractivity contribution in [1.82, 2.24) is 24.8 Å². The molecule has 228 valence electrons. The molecule has 0 radical (unpaired) electrons. The Labute approximate surface area is 252 Å². The number of hydrogen-bond acceptors (Lipinski definition) is 8. The topological polar surface area (TPSA) is 98.5 Å². The van der Waals surface area contributed by atoms with E-state index >= 15 is 4.39 Å². The third-order valence-corrected chi connectivity index (χ3v) is 9.51. The summed E-state index contributed by atoms with van der Waals surface area (Å²) in [4.78, 5) is 31.2. The third-order valence-electron chi connectivity index (χ3n) is 9.51. The van der Waals surface area contributed by atoms with Crippen LogP contribution in [0, 0.1) is 23.1 Å². The van der Waals surface area contributed by atoms with Crippen LogP contribution >= 0.6 is 0 Å². The quantitative estimate of drug-likeness (QED) is 0.369. The number of alkyl halides is 1. The molecule has 7 rings (SSSR count). The fourth-order valence-corrected chi connectivity index (χ4v) is 7.19. The lowest BCUT2D eigenvalue weighted by atomic mass is 9.96. The molecule has 2 aromatic heterocycles. The van der Waals surface area contributed by atoms with Gasteiger partial charge in [-0.2, -0.15) is 15.2 Å². The highest BCUT2D eigenvalue weighted by Gasteiger charge is 2.46. The number of likely N-dealkylation sites (N-methyl/N-ethyl adjacent to an activating group) is 1. The number of benzene rings is 1. The van der Waals surface area contributed by atoms with Crippen molar-refractivity contribution in [3.63, 3.8) is 0 Å². The Morgan fingerprint density at radius 1 is 1.20 bits per heavy atom. The largest absolute Gasteiger partial charge is 0.462 e. The predicted molar refractivity (Wildman–Crippen MR) is 157 cm³/mol. The average Bonchev–Trinajstić information content (AvgIpc) is 3.55. The lowest BCUT2D eigenvalue weighted by Crippen LogP contribution is -2.55. The Kier molecular flexibility index (Phi) is 7.16. The van der Waals surface area contributed by atoms with Gasteiger partial charge >= 0.3 is 6.01 Å². The summed E-state index contributed by atoms with van der Waals surface area (Å²) in [6.45, 7) is 4.03. The van der Waals surface area contributed by atoms with E-state index in [1.807, 2.05) is 29.0 Å². The fraction of sp³-hybridized carbons (Fsp3) is 0.469. The SMILES string of the molecule is C=C(F)C(=O)N1CCN(c2nc(OC[C@@H]3C[C@@H](F)CN3C)nc3c(F)c(-c4cccc5c4C4CC4C5)ncc23)C[C@@H]1CC#N. The highest BCUT2D eigenvalue weighted by atomic mass is 19.1. The number of aromatic nitrogens is 3. The summed E-state index contributed by atoms with van der Waals surface area (Å²) in [5.74, 6) is -1.17. The molecule has 9 nitrogen and oxygen atoms in total. The molecule has 2 aliphatic heterocycles. The van der Waals surface area contributed by atoms with Gasteiger partial charge in [-0.25, -0.2) is 13.2 Å². The number of hydrogen-bond donors (Lipinski definition) is 0. The number of anilines is 1. The molecule has 3 aromatic rings. The fourth-order valence-electron chi connectivity index (χ4n) is 7.19. The average molecular weight is 604 g/mol. The second-order valence-corrected chi connectivity index (χ2v) is 12.3. The molecule has 2 saturated heterocycles. The van der Waals surface area contributed by atoms with E-state index in [9.17, 15) is 18.8 Å². The monoisotopic (exact) mass is 603 g/mol. The minimum Gasteiger partial charge on any atom is -0.462 e. The standard InChI is InChI=1S/C32H32F3N7O2/c1-17(33)31(43)42-9-8-41(15-21(42)6-7-36)30-25-13-37-28(23-5-3-4-18-10-19-11-24(19)26(18)23)27(35)29(25)38-32(39-30)44-16-22-12-20(34)14-40(22)2/h3-5,13,19-22,24H,1,6,8-12,14-16H2,2H3/t19?,20-,21+,22+,24?/m1/s1. The molecule has 5 atom stereocenters. The Hall–Kier alpha value is -4.24. The van der Waals surface area contributed by atoms with E-state index in [2.05, 4.69) is 33.7 Å². The van der Waals surface area contributed by atoms with Gasteiger partial charge in [-0.3, -0.25) is 14.7 Å². The van der Waals surface area contributed by atoms with Crippen molar-refractivity contribution in [3.8, 4) is 23.3 Å². The summed E-state index contributed by atoms with van der Waals surface area (Å²) < 4.78 is 50.3. The number of ether oxygens (including phenoxy) is 1. The zero-order chi connectivity index (χ0) is 30.7. The van der Waals surface area contributed by atoms with E-state index in [1.165, 1.54) is 10.5 Å². The maximum Gasteiger partial charge on any atom is 0.319 e. The summed E-state index contributed by atoms with van der Waals surface area (Å²) in [7, 11) is 1.82. The first kappa shape index (κ1) is 28.5. The van der Waals surface area contributed by atoms with Gasteiger partial charge in [0.1, 0.15) is 29.8 Å². The number of nitrogens with zero attached hydrogens (tertiary/aromatic N) is 7. The number of piperazine rings is 1. The minimum atomic E-state index is -1.10. The maximum absolute atomic E-state index is 16.6. The van der Waals surface area contributed by atoms with Gasteiger partial charge in [-0.05, 0) is 49.3 Å². The molecule has 4 aliphatic rings. The van der Waals surface area contributed by atoms with Crippen LogP contribution in [0.4, 0.5) is 19.0 Å². The van der Waals surface area contributed by atoms with Crippen molar-refractivity contribution in [3.05, 3.63) is 53.7 Å². The molecular weight excluding hydrogens is 571 g/mol.